The standard InChI is InChI=1S/C13H20N2O/c1-11-2-4-12(5-3-11)6-7-14-10-15-8-13(16)9-15/h2-5,13-14,16H,6-10H2,1H3. The molecule has 1 aliphatic rings. The summed E-state index contributed by atoms with van der Waals surface area (Å²) in [6.45, 7) is 5.63. The molecule has 0 radical (unpaired) electrons. The number of nitrogens with one attached hydrogen (secondary N) is 1. The molecule has 2 N–H and O–H groups in total. The van der Waals surface area contributed by atoms with Crippen molar-refractivity contribution in [3.8, 4) is 0 Å². The molecule has 0 spiro atoms. The predicted octanol–water partition coefficient (Wildman–Crippen LogP) is 0.761. The van der Waals surface area contributed by atoms with Gasteiger partial charge in [-0.15, -0.1) is 0 Å². The van der Waals surface area contributed by atoms with Crippen LogP contribution in [0.3, 0.4) is 0 Å². The van der Waals surface area contributed by atoms with Gasteiger partial charge < -0.3 is 10.4 Å². The van der Waals surface area contributed by atoms with Crippen LogP contribution in [-0.2, 0) is 6.42 Å². The van der Waals surface area contributed by atoms with E-state index in [1.54, 1.807) is 0 Å². The van der Waals surface area contributed by atoms with Gasteiger partial charge in [0.1, 0.15) is 0 Å². The van der Waals surface area contributed by atoms with E-state index < -0.39 is 0 Å². The Bertz CT molecular complexity index is 317. The van der Waals surface area contributed by atoms with Gasteiger partial charge in [0.15, 0.2) is 0 Å². The average Bonchev–Trinajstić information content (AvgIpc) is 2.24. The molecule has 0 atom stereocenters. The number of likely N-dealkylation sites (tertiary alicyclic amines) is 1. The zero-order chi connectivity index (χ0) is 11.4. The van der Waals surface area contributed by atoms with Crippen LogP contribution >= 0.6 is 0 Å². The van der Waals surface area contributed by atoms with Crippen molar-refractivity contribution in [2.45, 2.75) is 19.4 Å². The molecule has 1 aromatic rings. The third-order valence-electron chi connectivity index (χ3n) is 2.98. The van der Waals surface area contributed by atoms with E-state index in [-0.39, 0.29) is 6.10 Å². The zero-order valence-electron chi connectivity index (χ0n) is 9.82. The van der Waals surface area contributed by atoms with E-state index in [9.17, 15) is 0 Å². The molecule has 2 rings (SSSR count). The highest BCUT2D eigenvalue weighted by Crippen LogP contribution is 2.05. The fourth-order valence-electron chi connectivity index (χ4n) is 1.90. The van der Waals surface area contributed by atoms with Crippen LogP contribution in [0.4, 0.5) is 0 Å². The van der Waals surface area contributed by atoms with Crippen LogP contribution < -0.4 is 5.32 Å². The molecule has 0 saturated carbocycles. The molecule has 1 heterocycles. The topological polar surface area (TPSA) is 35.5 Å². The second-order valence-corrected chi connectivity index (χ2v) is 4.58. The van der Waals surface area contributed by atoms with Gasteiger partial charge in [-0.1, -0.05) is 29.8 Å². The third-order valence-corrected chi connectivity index (χ3v) is 2.98. The lowest BCUT2D eigenvalue weighted by atomic mass is 10.1. The maximum atomic E-state index is 9.11. The summed E-state index contributed by atoms with van der Waals surface area (Å²) in [4.78, 5) is 2.21. The molecule has 0 unspecified atom stereocenters. The van der Waals surface area contributed by atoms with Crippen molar-refractivity contribution >= 4 is 0 Å². The van der Waals surface area contributed by atoms with Gasteiger partial charge >= 0.3 is 0 Å². The molecule has 3 nitrogen and oxygen atoms in total. The lowest BCUT2D eigenvalue weighted by Gasteiger charge is -2.35. The molecule has 1 aromatic carbocycles. The van der Waals surface area contributed by atoms with Crippen LogP contribution in [-0.4, -0.2) is 42.4 Å². The minimum Gasteiger partial charge on any atom is -0.390 e. The Hall–Kier alpha value is -0.900. The molecule has 3 heteroatoms. The smallest absolute Gasteiger partial charge is 0.0794 e. The van der Waals surface area contributed by atoms with Gasteiger partial charge in [-0.2, -0.15) is 0 Å². The Morgan fingerprint density at radius 2 is 2.00 bits per heavy atom. The number of hydrogen-bond acceptors (Lipinski definition) is 3. The Balaban J connectivity index is 1.59. The minimum absolute atomic E-state index is 0.0982. The van der Waals surface area contributed by atoms with Crippen molar-refractivity contribution in [2.75, 3.05) is 26.3 Å². The quantitative estimate of drug-likeness (QED) is 0.719. The Labute approximate surface area is 97.1 Å². The Morgan fingerprint density at radius 3 is 2.62 bits per heavy atom. The lowest BCUT2D eigenvalue weighted by Crippen LogP contribution is -2.53. The van der Waals surface area contributed by atoms with E-state index in [0.29, 0.717) is 0 Å². The fraction of sp³-hybridized carbons (Fsp3) is 0.538. The number of aliphatic hydroxyl groups is 1. The maximum Gasteiger partial charge on any atom is 0.0794 e. The first-order valence-electron chi connectivity index (χ1n) is 5.91. The maximum absolute atomic E-state index is 9.11. The van der Waals surface area contributed by atoms with Crippen molar-refractivity contribution in [1.29, 1.82) is 0 Å². The van der Waals surface area contributed by atoms with Crippen molar-refractivity contribution in [1.82, 2.24) is 10.2 Å². The lowest BCUT2D eigenvalue weighted by molar-refractivity contribution is -0.00217. The van der Waals surface area contributed by atoms with Crippen LogP contribution in [0.5, 0.6) is 0 Å². The third kappa shape index (κ3) is 3.30. The van der Waals surface area contributed by atoms with E-state index in [1.807, 2.05) is 0 Å². The molecule has 1 aliphatic heterocycles. The normalized spacial score (nSPS) is 17.4. The van der Waals surface area contributed by atoms with E-state index in [2.05, 4.69) is 41.4 Å². The van der Waals surface area contributed by atoms with Crippen molar-refractivity contribution < 1.29 is 5.11 Å². The minimum atomic E-state index is -0.0982. The van der Waals surface area contributed by atoms with Crippen LogP contribution in [0.1, 0.15) is 11.1 Å². The highest BCUT2D eigenvalue weighted by Gasteiger charge is 2.22. The van der Waals surface area contributed by atoms with E-state index >= 15 is 0 Å². The number of nitrogens with zero attached hydrogens (tertiary/aromatic N) is 1. The number of aryl methyl sites for hydroxylation is 1. The summed E-state index contributed by atoms with van der Waals surface area (Å²) in [5.74, 6) is 0. The molecule has 1 saturated heterocycles. The summed E-state index contributed by atoms with van der Waals surface area (Å²) in [7, 11) is 0. The molecule has 16 heavy (non-hydrogen) atoms. The molecular formula is C13H20N2O. The summed E-state index contributed by atoms with van der Waals surface area (Å²) >= 11 is 0. The number of rotatable bonds is 5. The molecule has 0 amide bonds. The number of aliphatic hydroxyl groups excluding tert-OH is 1. The molecular weight excluding hydrogens is 200 g/mol. The SMILES string of the molecule is Cc1ccc(CCNCN2CC(O)C2)cc1. The molecule has 0 aliphatic carbocycles. The van der Waals surface area contributed by atoms with Gasteiger partial charge in [-0.3, -0.25) is 4.90 Å². The first-order valence-corrected chi connectivity index (χ1v) is 5.91. The average molecular weight is 220 g/mol. The summed E-state index contributed by atoms with van der Waals surface area (Å²) in [5, 5.41) is 12.5. The second-order valence-electron chi connectivity index (χ2n) is 4.58. The predicted molar refractivity (Wildman–Crippen MR) is 65.3 cm³/mol. The van der Waals surface area contributed by atoms with E-state index in [0.717, 1.165) is 32.7 Å². The second kappa shape index (κ2) is 5.43. The van der Waals surface area contributed by atoms with Crippen molar-refractivity contribution in [3.05, 3.63) is 35.4 Å². The monoisotopic (exact) mass is 220 g/mol. The van der Waals surface area contributed by atoms with Gasteiger partial charge in [0.05, 0.1) is 6.10 Å². The Morgan fingerprint density at radius 1 is 1.31 bits per heavy atom. The largest absolute Gasteiger partial charge is 0.390 e. The summed E-state index contributed by atoms with van der Waals surface area (Å²) < 4.78 is 0. The molecule has 0 aromatic heterocycles. The van der Waals surface area contributed by atoms with Crippen molar-refractivity contribution in [2.24, 2.45) is 0 Å². The van der Waals surface area contributed by atoms with Crippen LogP contribution in [0.2, 0.25) is 0 Å². The van der Waals surface area contributed by atoms with E-state index in [1.165, 1.54) is 11.1 Å². The van der Waals surface area contributed by atoms with Gasteiger partial charge in [0.25, 0.3) is 0 Å². The van der Waals surface area contributed by atoms with E-state index in [4.69, 9.17) is 5.11 Å². The van der Waals surface area contributed by atoms with Gasteiger partial charge in [0, 0.05) is 26.3 Å². The fourth-order valence-corrected chi connectivity index (χ4v) is 1.90. The molecule has 1 fully saturated rings. The highest BCUT2D eigenvalue weighted by molar-refractivity contribution is 5.21. The van der Waals surface area contributed by atoms with Crippen LogP contribution in [0.15, 0.2) is 24.3 Å². The van der Waals surface area contributed by atoms with Crippen molar-refractivity contribution in [3.63, 3.8) is 0 Å². The number of hydrogen-bond donors (Lipinski definition) is 2. The summed E-state index contributed by atoms with van der Waals surface area (Å²) in [6.07, 6.45) is 0.968. The van der Waals surface area contributed by atoms with Gasteiger partial charge in [-0.25, -0.2) is 0 Å². The van der Waals surface area contributed by atoms with Gasteiger partial charge in [0.2, 0.25) is 0 Å². The summed E-state index contributed by atoms with van der Waals surface area (Å²) in [6, 6.07) is 8.68. The summed E-state index contributed by atoms with van der Waals surface area (Å²) in [5.41, 5.74) is 2.69. The van der Waals surface area contributed by atoms with Crippen LogP contribution in [0.25, 0.3) is 0 Å². The van der Waals surface area contributed by atoms with Crippen LogP contribution in [0, 0.1) is 6.92 Å². The first-order chi connectivity index (χ1) is 7.74. The first kappa shape index (κ1) is 11.6. The van der Waals surface area contributed by atoms with Gasteiger partial charge in [-0.05, 0) is 18.9 Å². The number of benzene rings is 1. The number of β-amino-alcohol motifs (C(OH)–C–C–N with tert-alkyl or cyclic N) is 1. The zero-order valence-corrected chi connectivity index (χ0v) is 9.82. The Kier molecular flexibility index (Phi) is 3.93. The highest BCUT2D eigenvalue weighted by atomic mass is 16.3. The molecule has 88 valence electrons. The molecule has 0 bridgehead atoms.